The van der Waals surface area contributed by atoms with Crippen molar-refractivity contribution in [3.05, 3.63) is 28.8 Å². The summed E-state index contributed by atoms with van der Waals surface area (Å²) in [5.74, 6) is -0.935. The average molecular weight is 320 g/mol. The molecule has 0 radical (unpaired) electrons. The van der Waals surface area contributed by atoms with E-state index in [9.17, 15) is 23.1 Å². The number of unbranched alkanes of at least 4 members (excludes halogenated alkanes) is 1. The first kappa shape index (κ1) is 17.9. The van der Waals surface area contributed by atoms with Crippen molar-refractivity contribution in [2.45, 2.75) is 50.6 Å². The molecule has 0 bridgehead atoms. The minimum atomic E-state index is -4.48. The Hall–Kier alpha value is -1.17. The molecule has 1 N–H and O–H groups in total. The maximum absolute atomic E-state index is 13.2. The normalized spacial score (nSPS) is 12.0. The number of alkyl halides is 3. The van der Waals surface area contributed by atoms with Gasteiger partial charge in [-0.3, -0.25) is 0 Å². The number of carboxylic acid groups (broad SMARTS) is 1. The predicted molar refractivity (Wildman–Crippen MR) is 78.1 cm³/mol. The van der Waals surface area contributed by atoms with Crippen molar-refractivity contribution in [2.75, 3.05) is 5.75 Å². The van der Waals surface area contributed by atoms with Crippen molar-refractivity contribution < 1.29 is 23.1 Å². The predicted octanol–water partition coefficient (Wildman–Crippen LogP) is 5.42. The van der Waals surface area contributed by atoms with Crippen LogP contribution >= 0.6 is 11.8 Å². The number of halogens is 3. The van der Waals surface area contributed by atoms with E-state index in [0.29, 0.717) is 5.75 Å². The SMILES string of the molecule is CCCCSc1c(C(F)(F)F)ccc(C(=O)O)c1C(C)C. The Bertz CT molecular complexity index is 510. The summed E-state index contributed by atoms with van der Waals surface area (Å²) in [5, 5.41) is 9.21. The molecule has 0 amide bonds. The zero-order valence-electron chi connectivity index (χ0n) is 12.3. The summed E-state index contributed by atoms with van der Waals surface area (Å²) in [7, 11) is 0. The topological polar surface area (TPSA) is 37.3 Å². The standard InChI is InChI=1S/C15H19F3O2S/c1-4-5-8-21-13-11(15(16,17)18)7-6-10(14(19)20)12(13)9(2)3/h6-7,9H,4-5,8H2,1-3H3,(H,19,20). The second-order valence-corrected chi connectivity index (χ2v) is 6.17. The Balaban J connectivity index is 3.47. The van der Waals surface area contributed by atoms with E-state index in [2.05, 4.69) is 0 Å². The largest absolute Gasteiger partial charge is 0.478 e. The van der Waals surface area contributed by atoms with E-state index in [1.807, 2.05) is 6.92 Å². The minimum Gasteiger partial charge on any atom is -0.478 e. The summed E-state index contributed by atoms with van der Waals surface area (Å²) in [5.41, 5.74) is -0.507. The van der Waals surface area contributed by atoms with E-state index in [4.69, 9.17) is 0 Å². The van der Waals surface area contributed by atoms with Crippen molar-refractivity contribution in [3.8, 4) is 0 Å². The monoisotopic (exact) mass is 320 g/mol. The Morgan fingerprint density at radius 3 is 2.38 bits per heavy atom. The number of aromatic carboxylic acids is 1. The molecular weight excluding hydrogens is 301 g/mol. The van der Waals surface area contributed by atoms with Gasteiger partial charge in [0, 0.05) is 4.90 Å². The molecule has 2 nitrogen and oxygen atoms in total. The van der Waals surface area contributed by atoms with Crippen LogP contribution in [-0.2, 0) is 6.18 Å². The van der Waals surface area contributed by atoms with Crippen LogP contribution in [0.25, 0.3) is 0 Å². The van der Waals surface area contributed by atoms with E-state index >= 15 is 0 Å². The van der Waals surface area contributed by atoms with Gasteiger partial charge in [0.2, 0.25) is 0 Å². The second-order valence-electron chi connectivity index (χ2n) is 5.06. The van der Waals surface area contributed by atoms with Gasteiger partial charge in [-0.05, 0) is 35.8 Å². The first-order valence-corrected chi connectivity index (χ1v) is 7.78. The fraction of sp³-hybridized carbons (Fsp3) is 0.533. The molecule has 118 valence electrons. The summed E-state index contributed by atoms with van der Waals surface area (Å²) in [6.45, 7) is 5.39. The second kappa shape index (κ2) is 7.20. The van der Waals surface area contributed by atoms with Gasteiger partial charge in [0.15, 0.2) is 0 Å². The van der Waals surface area contributed by atoms with Gasteiger partial charge in [-0.1, -0.05) is 27.2 Å². The highest BCUT2D eigenvalue weighted by Crippen LogP contribution is 2.42. The summed E-state index contributed by atoms with van der Waals surface area (Å²) in [4.78, 5) is 11.3. The maximum Gasteiger partial charge on any atom is 0.417 e. The van der Waals surface area contributed by atoms with Gasteiger partial charge in [0.25, 0.3) is 0 Å². The number of carbonyl (C=O) groups is 1. The van der Waals surface area contributed by atoms with E-state index in [1.54, 1.807) is 13.8 Å². The Kier molecular flexibility index (Phi) is 6.13. The Morgan fingerprint density at radius 2 is 1.95 bits per heavy atom. The molecule has 0 heterocycles. The van der Waals surface area contributed by atoms with Crippen LogP contribution in [-0.4, -0.2) is 16.8 Å². The molecule has 0 saturated heterocycles. The first-order chi connectivity index (χ1) is 9.70. The molecule has 0 aromatic heterocycles. The van der Waals surface area contributed by atoms with Crippen LogP contribution in [0.5, 0.6) is 0 Å². The zero-order valence-corrected chi connectivity index (χ0v) is 13.1. The summed E-state index contributed by atoms with van der Waals surface area (Å²) >= 11 is 1.10. The first-order valence-electron chi connectivity index (χ1n) is 6.80. The minimum absolute atomic E-state index is 0.0444. The van der Waals surface area contributed by atoms with Crippen molar-refractivity contribution in [2.24, 2.45) is 0 Å². The van der Waals surface area contributed by atoms with Crippen LogP contribution in [0.4, 0.5) is 13.2 Å². The molecule has 1 rings (SSSR count). The van der Waals surface area contributed by atoms with Crippen LogP contribution < -0.4 is 0 Å². The summed E-state index contributed by atoms with van der Waals surface area (Å²) < 4.78 is 39.5. The van der Waals surface area contributed by atoms with Crippen LogP contribution in [0.3, 0.4) is 0 Å². The third kappa shape index (κ3) is 4.40. The van der Waals surface area contributed by atoms with Crippen molar-refractivity contribution in [1.29, 1.82) is 0 Å². The molecule has 1 aromatic carbocycles. The maximum atomic E-state index is 13.2. The summed E-state index contributed by atoms with van der Waals surface area (Å²) in [6, 6.07) is 1.94. The van der Waals surface area contributed by atoms with Gasteiger partial charge in [0.1, 0.15) is 0 Å². The highest BCUT2D eigenvalue weighted by atomic mass is 32.2. The molecule has 0 fully saturated rings. The zero-order chi connectivity index (χ0) is 16.2. The third-order valence-electron chi connectivity index (χ3n) is 3.05. The fourth-order valence-corrected chi connectivity index (χ4v) is 3.53. The molecule has 21 heavy (non-hydrogen) atoms. The Morgan fingerprint density at radius 1 is 1.33 bits per heavy atom. The molecule has 0 saturated carbocycles. The molecule has 0 aliphatic heterocycles. The molecule has 0 unspecified atom stereocenters. The van der Waals surface area contributed by atoms with Crippen LogP contribution in [0.1, 0.15) is 61.0 Å². The van der Waals surface area contributed by atoms with Gasteiger partial charge in [0.05, 0.1) is 11.1 Å². The van der Waals surface area contributed by atoms with Crippen LogP contribution in [0, 0.1) is 0 Å². The van der Waals surface area contributed by atoms with E-state index in [-0.39, 0.29) is 21.9 Å². The van der Waals surface area contributed by atoms with Gasteiger partial charge in [-0.25, -0.2) is 4.79 Å². The van der Waals surface area contributed by atoms with Gasteiger partial charge >= 0.3 is 12.1 Å². The van der Waals surface area contributed by atoms with Crippen LogP contribution in [0.2, 0.25) is 0 Å². The number of hydrogen-bond donors (Lipinski definition) is 1. The third-order valence-corrected chi connectivity index (χ3v) is 4.27. The van der Waals surface area contributed by atoms with E-state index < -0.39 is 17.7 Å². The lowest BCUT2D eigenvalue weighted by Crippen LogP contribution is -2.13. The van der Waals surface area contributed by atoms with Gasteiger partial charge < -0.3 is 5.11 Å². The number of rotatable bonds is 6. The van der Waals surface area contributed by atoms with Crippen molar-refractivity contribution in [3.63, 3.8) is 0 Å². The number of carboxylic acids is 1. The fourth-order valence-electron chi connectivity index (χ4n) is 2.06. The lowest BCUT2D eigenvalue weighted by atomic mass is 9.94. The lowest BCUT2D eigenvalue weighted by Gasteiger charge is -2.20. The van der Waals surface area contributed by atoms with Crippen molar-refractivity contribution in [1.82, 2.24) is 0 Å². The smallest absolute Gasteiger partial charge is 0.417 e. The lowest BCUT2D eigenvalue weighted by molar-refractivity contribution is -0.139. The van der Waals surface area contributed by atoms with Crippen molar-refractivity contribution >= 4 is 17.7 Å². The Labute approximate surface area is 126 Å². The van der Waals surface area contributed by atoms with Gasteiger partial charge in [-0.15, -0.1) is 11.8 Å². The van der Waals surface area contributed by atoms with E-state index in [1.165, 1.54) is 0 Å². The number of hydrogen-bond acceptors (Lipinski definition) is 2. The van der Waals surface area contributed by atoms with Crippen LogP contribution in [0.15, 0.2) is 17.0 Å². The molecule has 0 aliphatic carbocycles. The van der Waals surface area contributed by atoms with E-state index in [0.717, 1.165) is 36.7 Å². The highest BCUT2D eigenvalue weighted by Gasteiger charge is 2.36. The molecule has 0 aliphatic rings. The quantitative estimate of drug-likeness (QED) is 0.562. The molecule has 0 spiro atoms. The highest BCUT2D eigenvalue weighted by molar-refractivity contribution is 7.99. The number of benzene rings is 1. The summed E-state index contributed by atoms with van der Waals surface area (Å²) in [6.07, 6.45) is -2.81. The molecule has 1 aromatic rings. The average Bonchev–Trinajstić information content (AvgIpc) is 2.36. The van der Waals surface area contributed by atoms with Gasteiger partial charge in [-0.2, -0.15) is 13.2 Å². The molecular formula is C15H19F3O2S. The molecule has 0 atom stereocenters. The number of thioether (sulfide) groups is 1. The molecule has 6 heteroatoms.